The molecule has 1 atom stereocenters. The second-order valence-electron chi connectivity index (χ2n) is 12.6. The van der Waals surface area contributed by atoms with Crippen molar-refractivity contribution in [3.63, 3.8) is 0 Å². The molecule has 0 N–H and O–H groups in total. The molecule has 0 bridgehead atoms. The van der Waals surface area contributed by atoms with Gasteiger partial charge in [-0.2, -0.15) is 0 Å². The summed E-state index contributed by atoms with van der Waals surface area (Å²) in [5.74, 6) is -0.0777. The summed E-state index contributed by atoms with van der Waals surface area (Å²) in [6.45, 7) is 7.58. The van der Waals surface area contributed by atoms with Gasteiger partial charge in [0.2, 0.25) is 0 Å². The normalized spacial score (nSPS) is 15.4. The lowest BCUT2D eigenvalue weighted by molar-refractivity contribution is -0.145. The molecule has 1 rings (SSSR count). The minimum absolute atomic E-state index is 0.0330. The molecule has 0 aromatic heterocycles. The fraction of sp³-hybridized carbons (Fsp3) is 0.944. The Morgan fingerprint density at radius 3 is 1.49 bits per heavy atom. The summed E-state index contributed by atoms with van der Waals surface area (Å²) < 4.78 is 11.0. The number of esters is 2. The number of likely N-dealkylation sites (tertiary alicyclic amines) is 1. The van der Waals surface area contributed by atoms with E-state index in [1.807, 2.05) is 0 Å². The van der Waals surface area contributed by atoms with E-state index in [4.69, 9.17) is 9.47 Å². The molecule has 0 spiro atoms. The van der Waals surface area contributed by atoms with Gasteiger partial charge in [0.1, 0.15) is 0 Å². The van der Waals surface area contributed by atoms with Gasteiger partial charge in [-0.15, -0.1) is 0 Å². The van der Waals surface area contributed by atoms with Gasteiger partial charge in [-0.25, -0.2) is 0 Å². The van der Waals surface area contributed by atoms with E-state index in [0.29, 0.717) is 32.1 Å². The Kier molecular flexibility index (Phi) is 26.8. The molecule has 0 saturated carbocycles. The van der Waals surface area contributed by atoms with Crippen LogP contribution in [0.4, 0.5) is 0 Å². The maximum absolute atomic E-state index is 12.2. The molecule has 5 heteroatoms. The highest BCUT2D eigenvalue weighted by Gasteiger charge is 2.24. The van der Waals surface area contributed by atoms with Crippen LogP contribution in [0.15, 0.2) is 0 Å². The molecule has 0 aromatic rings. The molecule has 1 aliphatic heterocycles. The van der Waals surface area contributed by atoms with Crippen LogP contribution < -0.4 is 0 Å². The zero-order chi connectivity index (χ0) is 29.6. The van der Waals surface area contributed by atoms with Gasteiger partial charge in [0.25, 0.3) is 0 Å². The fourth-order valence-corrected chi connectivity index (χ4v) is 6.10. The van der Waals surface area contributed by atoms with Crippen LogP contribution in [0.2, 0.25) is 0 Å². The van der Waals surface area contributed by atoms with Crippen LogP contribution in [0.3, 0.4) is 0 Å². The van der Waals surface area contributed by atoms with E-state index in [-0.39, 0.29) is 11.9 Å². The number of carbonyl (C=O) groups excluding carboxylic acids is 2. The topological polar surface area (TPSA) is 55.8 Å². The highest BCUT2D eigenvalue weighted by molar-refractivity contribution is 5.69. The number of nitrogens with zero attached hydrogens (tertiary/aromatic N) is 1. The van der Waals surface area contributed by atoms with Gasteiger partial charge in [0.15, 0.2) is 0 Å². The first kappa shape index (κ1) is 37.9. The van der Waals surface area contributed by atoms with Crippen LogP contribution >= 0.6 is 0 Å². The van der Waals surface area contributed by atoms with Crippen LogP contribution in [0.25, 0.3) is 0 Å². The lowest BCUT2D eigenvalue weighted by atomic mass is 10.1. The quantitative estimate of drug-likeness (QED) is 0.0626. The van der Waals surface area contributed by atoms with Crippen molar-refractivity contribution in [1.29, 1.82) is 0 Å². The summed E-state index contributed by atoms with van der Waals surface area (Å²) in [6, 6.07) is 0.549. The zero-order valence-corrected chi connectivity index (χ0v) is 27.6. The first-order valence-corrected chi connectivity index (χ1v) is 18.2. The van der Waals surface area contributed by atoms with Crippen molar-refractivity contribution in [2.75, 3.05) is 26.3 Å². The second kappa shape index (κ2) is 29.0. The van der Waals surface area contributed by atoms with E-state index in [2.05, 4.69) is 18.7 Å². The van der Waals surface area contributed by atoms with Crippen molar-refractivity contribution < 1.29 is 19.1 Å². The molecule has 1 heterocycles. The number of ether oxygens (including phenoxy) is 2. The SMILES string of the molecule is CCCCCCCCCCCCOC(=O)CCCC[C@@H]1CCCN1CCC(=O)OCCCCCCCCCCCC. The summed E-state index contributed by atoms with van der Waals surface area (Å²) >= 11 is 0. The number of carbonyl (C=O) groups is 2. The Hall–Kier alpha value is -1.10. The van der Waals surface area contributed by atoms with Crippen molar-refractivity contribution in [3.05, 3.63) is 0 Å². The predicted octanol–water partition coefficient (Wildman–Crippen LogP) is 10.3. The molecular weight excluding hydrogens is 510 g/mol. The maximum atomic E-state index is 12.2. The Morgan fingerprint density at radius 1 is 0.561 bits per heavy atom. The van der Waals surface area contributed by atoms with E-state index >= 15 is 0 Å². The van der Waals surface area contributed by atoms with Gasteiger partial charge in [0.05, 0.1) is 19.6 Å². The van der Waals surface area contributed by atoms with Crippen LogP contribution in [0, 0.1) is 0 Å². The first-order valence-electron chi connectivity index (χ1n) is 18.2. The van der Waals surface area contributed by atoms with Crippen molar-refractivity contribution in [2.24, 2.45) is 0 Å². The Labute approximate surface area is 255 Å². The molecule has 0 radical (unpaired) electrons. The average molecular weight is 580 g/mol. The fourth-order valence-electron chi connectivity index (χ4n) is 6.10. The van der Waals surface area contributed by atoms with Crippen molar-refractivity contribution in [2.45, 2.75) is 193 Å². The molecule has 41 heavy (non-hydrogen) atoms. The molecule has 0 unspecified atom stereocenters. The minimum atomic E-state index is -0.0447. The van der Waals surface area contributed by atoms with Crippen molar-refractivity contribution in [3.8, 4) is 0 Å². The lowest BCUT2D eigenvalue weighted by Gasteiger charge is -2.24. The van der Waals surface area contributed by atoms with Crippen LogP contribution in [-0.4, -0.2) is 49.2 Å². The Morgan fingerprint density at radius 2 is 1.00 bits per heavy atom. The van der Waals surface area contributed by atoms with Crippen molar-refractivity contribution >= 4 is 11.9 Å². The van der Waals surface area contributed by atoms with E-state index in [0.717, 1.165) is 45.2 Å². The lowest BCUT2D eigenvalue weighted by Crippen LogP contribution is -2.31. The van der Waals surface area contributed by atoms with E-state index in [9.17, 15) is 9.59 Å². The molecule has 1 saturated heterocycles. The van der Waals surface area contributed by atoms with Gasteiger partial charge in [-0.1, -0.05) is 136 Å². The van der Waals surface area contributed by atoms with E-state index in [1.54, 1.807) is 0 Å². The molecule has 0 aromatic carbocycles. The first-order chi connectivity index (χ1) is 20.2. The molecule has 242 valence electrons. The van der Waals surface area contributed by atoms with Crippen molar-refractivity contribution in [1.82, 2.24) is 4.90 Å². The predicted molar refractivity (Wildman–Crippen MR) is 173 cm³/mol. The maximum Gasteiger partial charge on any atom is 0.307 e. The van der Waals surface area contributed by atoms with Gasteiger partial charge in [0, 0.05) is 19.0 Å². The molecule has 5 nitrogen and oxygen atoms in total. The average Bonchev–Trinajstić information content (AvgIpc) is 3.43. The summed E-state index contributed by atoms with van der Waals surface area (Å²) in [5, 5.41) is 0. The molecule has 1 fully saturated rings. The monoisotopic (exact) mass is 580 g/mol. The third-order valence-electron chi connectivity index (χ3n) is 8.79. The molecular formula is C36H69NO4. The summed E-state index contributed by atoms with van der Waals surface area (Å²) in [4.78, 5) is 26.8. The largest absolute Gasteiger partial charge is 0.466 e. The third kappa shape index (κ3) is 24.1. The van der Waals surface area contributed by atoms with E-state index in [1.165, 1.54) is 128 Å². The number of hydrogen-bond acceptors (Lipinski definition) is 5. The molecule has 0 amide bonds. The smallest absolute Gasteiger partial charge is 0.307 e. The number of hydrogen-bond donors (Lipinski definition) is 0. The third-order valence-corrected chi connectivity index (χ3v) is 8.79. The van der Waals surface area contributed by atoms with Gasteiger partial charge in [-0.3, -0.25) is 14.5 Å². The highest BCUT2D eigenvalue weighted by atomic mass is 16.5. The number of unbranched alkanes of at least 4 members (excludes halogenated alkanes) is 19. The number of rotatable bonds is 30. The summed E-state index contributed by atoms with van der Waals surface area (Å²) in [7, 11) is 0. The zero-order valence-electron chi connectivity index (χ0n) is 27.6. The highest BCUT2D eigenvalue weighted by Crippen LogP contribution is 2.23. The van der Waals surface area contributed by atoms with Crippen LogP contribution in [-0.2, 0) is 19.1 Å². The minimum Gasteiger partial charge on any atom is -0.466 e. The second-order valence-corrected chi connectivity index (χ2v) is 12.6. The molecule has 1 aliphatic rings. The van der Waals surface area contributed by atoms with Gasteiger partial charge < -0.3 is 9.47 Å². The Balaban J connectivity index is 1.92. The summed E-state index contributed by atoms with van der Waals surface area (Å²) in [6.07, 6.45) is 32.4. The van der Waals surface area contributed by atoms with Gasteiger partial charge >= 0.3 is 11.9 Å². The molecule has 0 aliphatic carbocycles. The van der Waals surface area contributed by atoms with Crippen LogP contribution in [0.1, 0.15) is 187 Å². The standard InChI is InChI=1S/C36H69NO4/c1-3-5-7-9-11-13-15-17-19-23-32-40-35(38)28-22-21-26-34-27-25-30-37(34)31-29-36(39)41-33-24-20-18-16-14-12-10-8-6-4-2/h34H,3-33H2,1-2H3/t34-/m1/s1. The Bertz CT molecular complexity index is 596. The van der Waals surface area contributed by atoms with Crippen LogP contribution in [0.5, 0.6) is 0 Å². The van der Waals surface area contributed by atoms with Gasteiger partial charge in [-0.05, 0) is 45.1 Å². The summed E-state index contributed by atoms with van der Waals surface area (Å²) in [5.41, 5.74) is 0. The van der Waals surface area contributed by atoms with E-state index < -0.39 is 0 Å².